The second kappa shape index (κ2) is 5.09. The molecule has 0 saturated carbocycles. The van der Waals surface area contributed by atoms with E-state index in [4.69, 9.17) is 0 Å². The van der Waals surface area contributed by atoms with Crippen molar-refractivity contribution in [3.63, 3.8) is 0 Å². The van der Waals surface area contributed by atoms with Crippen LogP contribution < -0.4 is 4.90 Å². The van der Waals surface area contributed by atoms with Crippen LogP contribution in [0.5, 0.6) is 0 Å². The fourth-order valence-electron chi connectivity index (χ4n) is 2.04. The summed E-state index contributed by atoms with van der Waals surface area (Å²) in [6.07, 6.45) is 1.76. The van der Waals surface area contributed by atoms with Gasteiger partial charge in [-0.2, -0.15) is 0 Å². The second-order valence-electron chi connectivity index (χ2n) is 4.58. The first-order valence-electron chi connectivity index (χ1n) is 5.79. The number of rotatable bonds is 3. The summed E-state index contributed by atoms with van der Waals surface area (Å²) in [6, 6.07) is 7.48. The maximum atomic E-state index is 11.2. The van der Waals surface area contributed by atoms with Gasteiger partial charge in [-0.15, -0.1) is 0 Å². The zero-order valence-corrected chi connectivity index (χ0v) is 12.6. The van der Waals surface area contributed by atoms with E-state index >= 15 is 0 Å². The molecule has 2 aromatic rings. The largest absolute Gasteiger partial charge is 0.477 e. The highest BCUT2D eigenvalue weighted by Gasteiger charge is 2.14. The fraction of sp³-hybridized carbons (Fsp3) is 0.214. The van der Waals surface area contributed by atoms with Gasteiger partial charge in [-0.25, -0.2) is 4.79 Å². The van der Waals surface area contributed by atoms with Crippen LogP contribution in [-0.2, 0) is 0 Å². The molecule has 2 rings (SSSR count). The summed E-state index contributed by atoms with van der Waals surface area (Å²) in [4.78, 5) is 13.3. The van der Waals surface area contributed by atoms with Gasteiger partial charge in [-0.05, 0) is 46.6 Å². The van der Waals surface area contributed by atoms with Crippen molar-refractivity contribution in [2.45, 2.75) is 6.92 Å². The van der Waals surface area contributed by atoms with Crippen LogP contribution in [0.3, 0.4) is 0 Å². The maximum absolute atomic E-state index is 11.2. The lowest BCUT2D eigenvalue weighted by Crippen LogP contribution is -2.12. The Hall–Kier alpha value is -1.75. The summed E-state index contributed by atoms with van der Waals surface area (Å²) < 4.78 is 2.41. The molecular formula is C14H15BrN2O2. The number of aromatic carboxylic acids is 1. The van der Waals surface area contributed by atoms with Gasteiger partial charge >= 0.3 is 5.97 Å². The van der Waals surface area contributed by atoms with Crippen LogP contribution in [0.15, 0.2) is 34.9 Å². The number of halogens is 1. The Labute approximate surface area is 120 Å². The fourth-order valence-corrected chi connectivity index (χ4v) is 2.46. The third kappa shape index (κ3) is 2.66. The average molecular weight is 323 g/mol. The number of aromatic nitrogens is 1. The molecule has 1 aromatic carbocycles. The number of nitrogens with zero attached hydrogens (tertiary/aromatic N) is 2. The van der Waals surface area contributed by atoms with Crippen LogP contribution in [0.4, 0.5) is 5.69 Å². The van der Waals surface area contributed by atoms with E-state index in [1.165, 1.54) is 0 Å². The Morgan fingerprint density at radius 2 is 2.00 bits per heavy atom. The molecule has 0 unspecified atom stereocenters. The molecule has 100 valence electrons. The molecule has 0 bridgehead atoms. The number of hydrogen-bond acceptors (Lipinski definition) is 2. The highest BCUT2D eigenvalue weighted by Crippen LogP contribution is 2.25. The van der Waals surface area contributed by atoms with Crippen molar-refractivity contribution in [1.82, 2.24) is 4.57 Å². The zero-order chi connectivity index (χ0) is 14.2. The van der Waals surface area contributed by atoms with E-state index in [9.17, 15) is 9.90 Å². The first-order chi connectivity index (χ1) is 8.90. The van der Waals surface area contributed by atoms with Crippen molar-refractivity contribution < 1.29 is 9.90 Å². The molecule has 0 fully saturated rings. The molecule has 0 spiro atoms. The molecule has 0 aliphatic rings. The van der Waals surface area contributed by atoms with Crippen LogP contribution in [0.25, 0.3) is 5.69 Å². The van der Waals surface area contributed by atoms with Gasteiger partial charge in [0.05, 0.1) is 0 Å². The number of aryl methyl sites for hydroxylation is 1. The van der Waals surface area contributed by atoms with E-state index in [1.54, 1.807) is 16.8 Å². The van der Waals surface area contributed by atoms with E-state index in [0.717, 1.165) is 21.4 Å². The van der Waals surface area contributed by atoms with Crippen LogP contribution in [0.2, 0.25) is 0 Å². The predicted molar refractivity (Wildman–Crippen MR) is 79.5 cm³/mol. The molecule has 0 atom stereocenters. The molecule has 0 amide bonds. The Bertz CT molecular complexity index is 632. The number of carboxylic acid groups (broad SMARTS) is 1. The number of anilines is 1. The van der Waals surface area contributed by atoms with Gasteiger partial charge in [0.2, 0.25) is 0 Å². The van der Waals surface area contributed by atoms with Gasteiger partial charge in [0.15, 0.2) is 0 Å². The second-order valence-corrected chi connectivity index (χ2v) is 5.50. The predicted octanol–water partition coefficient (Wildman–Crippen LogP) is 3.31. The number of carboxylic acids is 1. The summed E-state index contributed by atoms with van der Waals surface area (Å²) in [7, 11) is 3.94. The highest BCUT2D eigenvalue weighted by molar-refractivity contribution is 9.10. The SMILES string of the molecule is Cc1ccc(-n2cc(Br)cc2C(=O)O)cc1N(C)C. The Morgan fingerprint density at radius 3 is 2.58 bits per heavy atom. The summed E-state index contributed by atoms with van der Waals surface area (Å²) in [5.41, 5.74) is 3.29. The lowest BCUT2D eigenvalue weighted by Gasteiger charge is -2.17. The topological polar surface area (TPSA) is 45.5 Å². The monoisotopic (exact) mass is 322 g/mol. The number of carbonyl (C=O) groups is 1. The van der Waals surface area contributed by atoms with Crippen molar-refractivity contribution in [1.29, 1.82) is 0 Å². The van der Waals surface area contributed by atoms with Crippen LogP contribution in [0, 0.1) is 6.92 Å². The molecule has 1 heterocycles. The van der Waals surface area contributed by atoms with Crippen molar-refractivity contribution in [2.24, 2.45) is 0 Å². The van der Waals surface area contributed by atoms with E-state index in [0.29, 0.717) is 0 Å². The molecule has 0 radical (unpaired) electrons. The summed E-state index contributed by atoms with van der Waals surface area (Å²) in [6.45, 7) is 2.03. The smallest absolute Gasteiger partial charge is 0.352 e. The van der Waals surface area contributed by atoms with Crippen LogP contribution >= 0.6 is 15.9 Å². The van der Waals surface area contributed by atoms with Crippen LogP contribution in [0.1, 0.15) is 16.1 Å². The molecule has 1 N–H and O–H groups in total. The average Bonchev–Trinajstić information content (AvgIpc) is 2.71. The lowest BCUT2D eigenvalue weighted by atomic mass is 10.1. The Morgan fingerprint density at radius 1 is 1.32 bits per heavy atom. The van der Waals surface area contributed by atoms with Gasteiger partial charge in [0.25, 0.3) is 0 Å². The van der Waals surface area contributed by atoms with Gasteiger partial charge in [0.1, 0.15) is 5.69 Å². The number of hydrogen-bond donors (Lipinski definition) is 1. The van der Waals surface area contributed by atoms with Gasteiger partial charge < -0.3 is 14.6 Å². The minimum absolute atomic E-state index is 0.237. The molecule has 1 aromatic heterocycles. The molecular weight excluding hydrogens is 308 g/mol. The molecule has 4 nitrogen and oxygen atoms in total. The van der Waals surface area contributed by atoms with Crippen molar-refractivity contribution in [3.8, 4) is 5.69 Å². The van der Waals surface area contributed by atoms with Gasteiger partial charge in [0, 0.05) is 36.1 Å². The standard InChI is InChI=1S/C14H15BrN2O2/c1-9-4-5-11(7-12(9)16(2)3)17-8-10(15)6-13(17)14(18)19/h4-8H,1-3H3,(H,18,19). The zero-order valence-electron chi connectivity index (χ0n) is 11.0. The molecule has 5 heteroatoms. The van der Waals surface area contributed by atoms with Crippen molar-refractivity contribution in [2.75, 3.05) is 19.0 Å². The third-order valence-electron chi connectivity index (χ3n) is 2.96. The number of benzene rings is 1. The normalized spacial score (nSPS) is 10.5. The summed E-state index contributed by atoms with van der Waals surface area (Å²) >= 11 is 3.32. The van der Waals surface area contributed by atoms with E-state index in [-0.39, 0.29) is 5.69 Å². The maximum Gasteiger partial charge on any atom is 0.352 e. The Balaban J connectivity index is 2.59. The summed E-state index contributed by atoms with van der Waals surface area (Å²) in [5, 5.41) is 9.22. The molecule has 0 aliphatic heterocycles. The first kappa shape index (κ1) is 13.7. The van der Waals surface area contributed by atoms with E-state index < -0.39 is 5.97 Å². The lowest BCUT2D eigenvalue weighted by molar-refractivity contribution is 0.0688. The van der Waals surface area contributed by atoms with E-state index in [2.05, 4.69) is 15.9 Å². The minimum atomic E-state index is -0.947. The summed E-state index contributed by atoms with van der Waals surface area (Å²) in [5.74, 6) is -0.947. The molecule has 0 saturated heterocycles. The molecule has 0 aliphatic carbocycles. The van der Waals surface area contributed by atoms with Crippen molar-refractivity contribution >= 4 is 27.6 Å². The van der Waals surface area contributed by atoms with E-state index in [1.807, 2.05) is 44.1 Å². The van der Waals surface area contributed by atoms with Gasteiger partial charge in [-0.1, -0.05) is 6.07 Å². The quantitative estimate of drug-likeness (QED) is 0.942. The minimum Gasteiger partial charge on any atom is -0.477 e. The van der Waals surface area contributed by atoms with Crippen LogP contribution in [-0.4, -0.2) is 29.7 Å². The Kier molecular flexibility index (Phi) is 3.66. The van der Waals surface area contributed by atoms with Crippen molar-refractivity contribution in [3.05, 3.63) is 46.2 Å². The third-order valence-corrected chi connectivity index (χ3v) is 3.39. The first-order valence-corrected chi connectivity index (χ1v) is 6.59. The molecule has 19 heavy (non-hydrogen) atoms. The highest BCUT2D eigenvalue weighted by atomic mass is 79.9. The van der Waals surface area contributed by atoms with Gasteiger partial charge in [-0.3, -0.25) is 0 Å².